The molecule has 2 aliphatic carbocycles. The van der Waals surface area contributed by atoms with Gasteiger partial charge in [-0.1, -0.05) is 24.6 Å². The average molecular weight is 234 g/mol. The number of carbonyl (C=O) groups is 1. The Balaban J connectivity index is 1.97. The van der Waals surface area contributed by atoms with Gasteiger partial charge in [-0.05, 0) is 56.8 Å². The van der Waals surface area contributed by atoms with E-state index in [1.165, 1.54) is 12.8 Å². The van der Waals surface area contributed by atoms with Crippen LogP contribution in [0.3, 0.4) is 0 Å². The molecule has 0 unspecified atom stereocenters. The lowest BCUT2D eigenvalue weighted by atomic mass is 9.74. The molecule has 2 aliphatic rings. The van der Waals surface area contributed by atoms with Crippen molar-refractivity contribution in [2.24, 2.45) is 17.3 Å². The number of carboxylic acid groups (broad SMARTS) is 1. The van der Waals surface area contributed by atoms with Gasteiger partial charge in [-0.3, -0.25) is 0 Å². The topological polar surface area (TPSA) is 37.3 Å². The summed E-state index contributed by atoms with van der Waals surface area (Å²) in [6.45, 7) is 6.31. The van der Waals surface area contributed by atoms with Gasteiger partial charge in [0.2, 0.25) is 0 Å². The molecule has 0 aromatic heterocycles. The molecule has 1 N–H and O–H groups in total. The van der Waals surface area contributed by atoms with Gasteiger partial charge in [0.15, 0.2) is 0 Å². The van der Waals surface area contributed by atoms with Crippen LogP contribution in [0.2, 0.25) is 0 Å². The Morgan fingerprint density at radius 1 is 1.59 bits per heavy atom. The summed E-state index contributed by atoms with van der Waals surface area (Å²) in [4.78, 5) is 10.7. The monoisotopic (exact) mass is 234 g/mol. The first-order valence-electron chi connectivity index (χ1n) is 6.53. The second-order valence-electron chi connectivity index (χ2n) is 5.88. The molecule has 3 atom stereocenters. The summed E-state index contributed by atoms with van der Waals surface area (Å²) < 4.78 is 0. The lowest BCUT2D eigenvalue weighted by Gasteiger charge is -2.30. The fraction of sp³-hybridized carbons (Fsp3) is 0.667. The molecule has 0 radical (unpaired) electrons. The quantitative estimate of drug-likeness (QED) is 0.593. The molecular formula is C15H22O2. The number of allylic oxidation sites excluding steroid dienone is 3. The zero-order valence-electron chi connectivity index (χ0n) is 11.0. The van der Waals surface area contributed by atoms with E-state index in [9.17, 15) is 4.79 Å². The predicted molar refractivity (Wildman–Crippen MR) is 68.7 cm³/mol. The number of hydrogen-bond acceptors (Lipinski definition) is 1. The van der Waals surface area contributed by atoms with Crippen LogP contribution in [0, 0.1) is 17.3 Å². The number of hydrogen-bond donors (Lipinski definition) is 1. The van der Waals surface area contributed by atoms with Crippen molar-refractivity contribution in [3.63, 3.8) is 0 Å². The molecular weight excluding hydrogens is 212 g/mol. The van der Waals surface area contributed by atoms with Crippen LogP contribution >= 0.6 is 0 Å². The van der Waals surface area contributed by atoms with Gasteiger partial charge in [-0.2, -0.15) is 0 Å². The van der Waals surface area contributed by atoms with Crippen molar-refractivity contribution in [2.45, 2.75) is 46.5 Å². The van der Waals surface area contributed by atoms with Crippen LogP contribution in [0.5, 0.6) is 0 Å². The fourth-order valence-corrected chi connectivity index (χ4v) is 3.77. The van der Waals surface area contributed by atoms with Gasteiger partial charge in [0.25, 0.3) is 0 Å². The Morgan fingerprint density at radius 3 is 2.76 bits per heavy atom. The van der Waals surface area contributed by atoms with Gasteiger partial charge in [0, 0.05) is 5.57 Å². The summed E-state index contributed by atoms with van der Waals surface area (Å²) in [5.41, 5.74) is 2.42. The SMILES string of the molecule is CC1=C[C@H]2CC[C@@H]1[C@]2(C)CC/C=C(\C)C(=O)O. The Morgan fingerprint density at radius 2 is 2.29 bits per heavy atom. The maximum atomic E-state index is 10.7. The van der Waals surface area contributed by atoms with Crippen molar-refractivity contribution in [3.8, 4) is 0 Å². The highest BCUT2D eigenvalue weighted by Crippen LogP contribution is 2.59. The van der Waals surface area contributed by atoms with E-state index >= 15 is 0 Å². The van der Waals surface area contributed by atoms with Crippen LogP contribution in [-0.4, -0.2) is 11.1 Å². The lowest BCUT2D eigenvalue weighted by molar-refractivity contribution is -0.132. The molecule has 94 valence electrons. The second-order valence-corrected chi connectivity index (χ2v) is 5.88. The third-order valence-electron chi connectivity index (χ3n) is 4.89. The van der Waals surface area contributed by atoms with E-state index < -0.39 is 5.97 Å². The number of carboxylic acids is 1. The Hall–Kier alpha value is -1.05. The first kappa shape index (κ1) is 12.4. The van der Waals surface area contributed by atoms with Crippen LogP contribution in [0.4, 0.5) is 0 Å². The molecule has 0 aromatic rings. The molecule has 2 nitrogen and oxygen atoms in total. The van der Waals surface area contributed by atoms with Crippen molar-refractivity contribution in [1.82, 2.24) is 0 Å². The molecule has 0 heterocycles. The molecule has 0 saturated heterocycles. The van der Waals surface area contributed by atoms with Crippen LogP contribution in [0.15, 0.2) is 23.3 Å². The van der Waals surface area contributed by atoms with E-state index in [1.54, 1.807) is 12.5 Å². The minimum atomic E-state index is -0.793. The minimum Gasteiger partial charge on any atom is -0.478 e. The maximum absolute atomic E-state index is 10.7. The van der Waals surface area contributed by atoms with E-state index in [-0.39, 0.29) is 0 Å². The molecule has 1 saturated carbocycles. The highest BCUT2D eigenvalue weighted by molar-refractivity contribution is 5.85. The summed E-state index contributed by atoms with van der Waals surface area (Å²) in [7, 11) is 0. The molecule has 17 heavy (non-hydrogen) atoms. The summed E-state index contributed by atoms with van der Waals surface area (Å²) in [6.07, 6.45) is 8.97. The van der Waals surface area contributed by atoms with Crippen LogP contribution in [-0.2, 0) is 4.79 Å². The van der Waals surface area contributed by atoms with Crippen molar-refractivity contribution in [1.29, 1.82) is 0 Å². The summed E-state index contributed by atoms with van der Waals surface area (Å²) in [5.74, 6) is 0.677. The molecule has 0 spiro atoms. The van der Waals surface area contributed by atoms with Crippen molar-refractivity contribution < 1.29 is 9.90 Å². The van der Waals surface area contributed by atoms with E-state index in [0.717, 1.165) is 24.7 Å². The summed E-state index contributed by atoms with van der Waals surface area (Å²) in [6, 6.07) is 0. The lowest BCUT2D eigenvalue weighted by Crippen LogP contribution is -2.23. The van der Waals surface area contributed by atoms with Crippen LogP contribution < -0.4 is 0 Å². The predicted octanol–water partition coefficient (Wildman–Crippen LogP) is 3.79. The first-order chi connectivity index (χ1) is 7.95. The standard InChI is InChI=1S/C15H22O2/c1-10(14(16)17)5-4-8-15(3)12-6-7-13(15)11(2)9-12/h5,9,12-13H,4,6-8H2,1-3H3,(H,16,17)/b10-5+/t12-,13+,15-/m1/s1. The fourth-order valence-electron chi connectivity index (χ4n) is 3.77. The largest absolute Gasteiger partial charge is 0.478 e. The summed E-state index contributed by atoms with van der Waals surface area (Å²) in [5, 5.41) is 8.82. The first-order valence-corrected chi connectivity index (χ1v) is 6.53. The Bertz CT molecular complexity index is 392. The Labute approximate surface area is 103 Å². The highest BCUT2D eigenvalue weighted by Gasteiger charge is 2.49. The third kappa shape index (κ3) is 2.05. The normalized spacial score (nSPS) is 36.2. The Kier molecular flexibility index (Phi) is 3.15. The third-order valence-corrected chi connectivity index (χ3v) is 4.89. The van der Waals surface area contributed by atoms with Crippen molar-refractivity contribution in [3.05, 3.63) is 23.3 Å². The number of aliphatic carboxylic acids is 1. The van der Waals surface area contributed by atoms with Crippen molar-refractivity contribution >= 4 is 5.97 Å². The van der Waals surface area contributed by atoms with Gasteiger partial charge >= 0.3 is 5.97 Å². The molecule has 0 amide bonds. The maximum Gasteiger partial charge on any atom is 0.330 e. The van der Waals surface area contributed by atoms with E-state index in [4.69, 9.17) is 5.11 Å². The van der Waals surface area contributed by atoms with E-state index in [1.807, 2.05) is 6.08 Å². The average Bonchev–Trinajstić information content (AvgIpc) is 2.68. The van der Waals surface area contributed by atoms with Crippen LogP contribution in [0.25, 0.3) is 0 Å². The molecule has 0 aliphatic heterocycles. The second kappa shape index (κ2) is 4.32. The summed E-state index contributed by atoms with van der Waals surface area (Å²) >= 11 is 0. The van der Waals surface area contributed by atoms with E-state index in [2.05, 4.69) is 19.9 Å². The van der Waals surface area contributed by atoms with Gasteiger partial charge < -0.3 is 5.11 Å². The highest BCUT2D eigenvalue weighted by atomic mass is 16.4. The van der Waals surface area contributed by atoms with Gasteiger partial charge in [0.1, 0.15) is 0 Å². The molecule has 1 fully saturated rings. The van der Waals surface area contributed by atoms with E-state index in [0.29, 0.717) is 11.0 Å². The molecule has 0 aromatic carbocycles. The van der Waals surface area contributed by atoms with Gasteiger partial charge in [-0.15, -0.1) is 0 Å². The molecule has 2 rings (SSSR count). The van der Waals surface area contributed by atoms with Gasteiger partial charge in [0.05, 0.1) is 0 Å². The van der Waals surface area contributed by atoms with Crippen molar-refractivity contribution in [2.75, 3.05) is 0 Å². The zero-order chi connectivity index (χ0) is 12.6. The number of fused-ring (bicyclic) bond motifs is 2. The molecule has 2 bridgehead atoms. The molecule has 2 heteroatoms. The smallest absolute Gasteiger partial charge is 0.330 e. The zero-order valence-corrected chi connectivity index (χ0v) is 11.0. The van der Waals surface area contributed by atoms with Crippen LogP contribution in [0.1, 0.15) is 46.5 Å². The minimum absolute atomic E-state index is 0.388. The number of rotatable bonds is 4. The van der Waals surface area contributed by atoms with Gasteiger partial charge in [-0.25, -0.2) is 4.79 Å².